The van der Waals surface area contributed by atoms with Crippen molar-refractivity contribution in [2.24, 2.45) is 7.05 Å². The molecule has 0 fully saturated rings. The van der Waals surface area contributed by atoms with E-state index < -0.39 is 0 Å². The topological polar surface area (TPSA) is 87.7 Å². The van der Waals surface area contributed by atoms with Crippen LogP contribution in [0.5, 0.6) is 5.88 Å². The monoisotopic (exact) mass is 374 g/mol. The Bertz CT molecular complexity index is 1170. The summed E-state index contributed by atoms with van der Waals surface area (Å²) in [4.78, 5) is 21.0. The fourth-order valence-electron chi connectivity index (χ4n) is 2.83. The molecular formula is C20H18N6O2. The Labute approximate surface area is 161 Å². The Hall–Kier alpha value is -3.81. The second kappa shape index (κ2) is 7.43. The minimum Gasteiger partial charge on any atom is -0.473 e. The van der Waals surface area contributed by atoms with Crippen molar-refractivity contribution in [2.75, 3.05) is 0 Å². The summed E-state index contributed by atoms with van der Waals surface area (Å²) in [6.45, 7) is 2.19. The smallest absolute Gasteiger partial charge is 0.368 e. The summed E-state index contributed by atoms with van der Waals surface area (Å²) in [5.74, 6) is 1.04. The van der Waals surface area contributed by atoms with Gasteiger partial charge in [-0.2, -0.15) is 14.3 Å². The van der Waals surface area contributed by atoms with Gasteiger partial charge < -0.3 is 4.74 Å². The number of tetrazole rings is 1. The summed E-state index contributed by atoms with van der Waals surface area (Å²) in [7, 11) is 1.56. The molecule has 0 atom stereocenters. The number of ether oxygens (including phenoxy) is 1. The summed E-state index contributed by atoms with van der Waals surface area (Å²) in [5.41, 5.74) is 3.05. The lowest BCUT2D eigenvalue weighted by atomic mass is 10.1. The van der Waals surface area contributed by atoms with Crippen LogP contribution in [0.15, 0.2) is 65.6 Å². The number of aryl methyl sites for hydroxylation is 2. The Kier molecular flexibility index (Phi) is 4.67. The van der Waals surface area contributed by atoms with Gasteiger partial charge in [0.15, 0.2) is 5.82 Å². The zero-order valence-corrected chi connectivity index (χ0v) is 15.5. The van der Waals surface area contributed by atoms with Crippen LogP contribution in [-0.4, -0.2) is 29.8 Å². The molecule has 0 radical (unpaired) electrons. The van der Waals surface area contributed by atoms with Crippen molar-refractivity contribution in [3.63, 3.8) is 0 Å². The zero-order valence-electron chi connectivity index (χ0n) is 15.5. The maximum absolute atomic E-state index is 12.2. The molecule has 2 aromatic carbocycles. The number of hydrogen-bond acceptors (Lipinski definition) is 6. The normalized spacial score (nSPS) is 10.8. The van der Waals surface area contributed by atoms with Gasteiger partial charge in [-0.05, 0) is 29.0 Å². The van der Waals surface area contributed by atoms with E-state index in [4.69, 9.17) is 4.74 Å². The van der Waals surface area contributed by atoms with Gasteiger partial charge in [-0.15, -0.1) is 0 Å². The molecule has 0 saturated carbocycles. The first-order valence-electron chi connectivity index (χ1n) is 8.72. The summed E-state index contributed by atoms with van der Waals surface area (Å²) < 4.78 is 8.37. The lowest BCUT2D eigenvalue weighted by Crippen LogP contribution is -2.23. The van der Waals surface area contributed by atoms with Crippen LogP contribution >= 0.6 is 0 Å². The molecule has 0 saturated heterocycles. The van der Waals surface area contributed by atoms with Gasteiger partial charge in [0.2, 0.25) is 5.88 Å². The Morgan fingerprint density at radius 1 is 1.00 bits per heavy atom. The summed E-state index contributed by atoms with van der Waals surface area (Å²) in [5, 5.41) is 7.71. The molecule has 0 aliphatic rings. The van der Waals surface area contributed by atoms with E-state index in [-0.39, 0.29) is 12.3 Å². The number of nitrogens with zero attached hydrogens (tertiary/aromatic N) is 6. The number of rotatable bonds is 5. The first-order chi connectivity index (χ1) is 13.6. The molecule has 140 valence electrons. The second-order valence-corrected chi connectivity index (χ2v) is 6.24. The first kappa shape index (κ1) is 17.6. The van der Waals surface area contributed by atoms with Gasteiger partial charge in [-0.1, -0.05) is 42.5 Å². The fourth-order valence-corrected chi connectivity index (χ4v) is 2.83. The van der Waals surface area contributed by atoms with Gasteiger partial charge in [0.25, 0.3) is 0 Å². The lowest BCUT2D eigenvalue weighted by molar-refractivity contribution is 0.292. The van der Waals surface area contributed by atoms with Gasteiger partial charge in [-0.25, -0.2) is 9.78 Å². The molecule has 0 N–H and O–H groups in total. The van der Waals surface area contributed by atoms with Crippen LogP contribution in [0, 0.1) is 6.92 Å². The SMILES string of the molecule is Cc1cccc(-n2nnn(C)c2=O)c1COc1ccnc(-c2ccccc2)n1. The Morgan fingerprint density at radius 3 is 2.57 bits per heavy atom. The Morgan fingerprint density at radius 2 is 1.82 bits per heavy atom. The number of aromatic nitrogens is 6. The molecule has 28 heavy (non-hydrogen) atoms. The van der Waals surface area contributed by atoms with Crippen molar-refractivity contribution in [2.45, 2.75) is 13.5 Å². The van der Waals surface area contributed by atoms with Crippen LogP contribution in [0.25, 0.3) is 17.1 Å². The van der Waals surface area contributed by atoms with Crippen LogP contribution in [0.4, 0.5) is 0 Å². The van der Waals surface area contributed by atoms with Crippen molar-refractivity contribution in [3.05, 3.63) is 82.4 Å². The van der Waals surface area contributed by atoms with Gasteiger partial charge in [0.05, 0.1) is 5.69 Å². The molecule has 4 aromatic rings. The van der Waals surface area contributed by atoms with Gasteiger partial charge >= 0.3 is 5.69 Å². The van der Waals surface area contributed by atoms with E-state index in [9.17, 15) is 4.79 Å². The number of hydrogen-bond donors (Lipinski definition) is 0. The number of benzene rings is 2. The highest BCUT2D eigenvalue weighted by Gasteiger charge is 2.14. The van der Waals surface area contributed by atoms with Crippen molar-refractivity contribution in [1.29, 1.82) is 0 Å². The van der Waals surface area contributed by atoms with Crippen LogP contribution in [0.2, 0.25) is 0 Å². The van der Waals surface area contributed by atoms with E-state index in [1.165, 1.54) is 9.36 Å². The highest BCUT2D eigenvalue weighted by atomic mass is 16.5. The molecular weight excluding hydrogens is 356 g/mol. The van der Waals surface area contributed by atoms with E-state index in [0.29, 0.717) is 17.4 Å². The molecule has 2 aromatic heterocycles. The fraction of sp³-hybridized carbons (Fsp3) is 0.150. The Balaban J connectivity index is 1.63. The minimum absolute atomic E-state index is 0.232. The lowest BCUT2D eigenvalue weighted by Gasteiger charge is -2.12. The van der Waals surface area contributed by atoms with E-state index in [1.807, 2.05) is 55.5 Å². The van der Waals surface area contributed by atoms with Gasteiger partial charge in [0, 0.05) is 30.4 Å². The van der Waals surface area contributed by atoms with Crippen LogP contribution < -0.4 is 10.4 Å². The molecule has 0 amide bonds. The predicted octanol–water partition coefficient (Wildman–Crippen LogP) is 2.31. The van der Waals surface area contributed by atoms with Crippen molar-refractivity contribution >= 4 is 0 Å². The van der Waals surface area contributed by atoms with E-state index in [0.717, 1.165) is 16.7 Å². The van der Waals surface area contributed by atoms with Crippen LogP contribution in [0.3, 0.4) is 0 Å². The highest BCUT2D eigenvalue weighted by Crippen LogP contribution is 2.21. The largest absolute Gasteiger partial charge is 0.473 e. The van der Waals surface area contributed by atoms with Crippen molar-refractivity contribution in [3.8, 4) is 23.0 Å². The summed E-state index contributed by atoms with van der Waals surface area (Å²) in [6, 6.07) is 17.0. The second-order valence-electron chi connectivity index (χ2n) is 6.24. The quantitative estimate of drug-likeness (QED) is 0.533. The summed E-state index contributed by atoms with van der Waals surface area (Å²) in [6.07, 6.45) is 1.66. The zero-order chi connectivity index (χ0) is 19.5. The highest BCUT2D eigenvalue weighted by molar-refractivity contribution is 5.54. The van der Waals surface area contributed by atoms with Crippen LogP contribution in [0.1, 0.15) is 11.1 Å². The molecule has 0 bridgehead atoms. The molecule has 8 heteroatoms. The third kappa shape index (κ3) is 3.39. The molecule has 0 spiro atoms. The van der Waals surface area contributed by atoms with E-state index >= 15 is 0 Å². The standard InChI is InChI=1S/C20H18N6O2/c1-14-7-6-10-17(26-20(27)25(2)23-24-26)16(14)13-28-18-11-12-21-19(22-18)15-8-4-3-5-9-15/h3-12H,13H2,1-2H3. The minimum atomic E-state index is -0.319. The van der Waals surface area contributed by atoms with Gasteiger partial charge in [0.1, 0.15) is 6.61 Å². The predicted molar refractivity (Wildman–Crippen MR) is 103 cm³/mol. The molecule has 0 unspecified atom stereocenters. The summed E-state index contributed by atoms with van der Waals surface area (Å²) >= 11 is 0. The maximum Gasteiger partial charge on any atom is 0.368 e. The van der Waals surface area contributed by atoms with Crippen molar-refractivity contribution in [1.82, 2.24) is 29.8 Å². The average molecular weight is 374 g/mol. The molecule has 0 aliphatic carbocycles. The molecule has 8 nitrogen and oxygen atoms in total. The third-order valence-corrected chi connectivity index (χ3v) is 4.36. The van der Waals surface area contributed by atoms with Gasteiger partial charge in [-0.3, -0.25) is 0 Å². The maximum atomic E-state index is 12.2. The molecule has 0 aliphatic heterocycles. The molecule has 4 rings (SSSR count). The molecule has 2 heterocycles. The van der Waals surface area contributed by atoms with Crippen LogP contribution in [-0.2, 0) is 13.7 Å². The first-order valence-corrected chi connectivity index (χ1v) is 8.72. The van der Waals surface area contributed by atoms with Crippen molar-refractivity contribution < 1.29 is 4.74 Å². The van der Waals surface area contributed by atoms with E-state index in [2.05, 4.69) is 20.4 Å². The van der Waals surface area contributed by atoms with E-state index in [1.54, 1.807) is 19.3 Å². The third-order valence-electron chi connectivity index (χ3n) is 4.36. The average Bonchev–Trinajstić information content (AvgIpc) is 3.06.